The van der Waals surface area contributed by atoms with E-state index in [2.05, 4.69) is 10.6 Å². The van der Waals surface area contributed by atoms with Crippen molar-refractivity contribution in [2.75, 3.05) is 19.0 Å². The quantitative estimate of drug-likeness (QED) is 0.729. The van der Waals surface area contributed by atoms with Crippen molar-refractivity contribution in [1.29, 1.82) is 0 Å². The second-order valence-electron chi connectivity index (χ2n) is 5.51. The summed E-state index contributed by atoms with van der Waals surface area (Å²) in [6.07, 6.45) is 0. The maximum Gasteiger partial charge on any atom is 0.313 e. The number of hydrogen-bond acceptors (Lipinski definition) is 4. The van der Waals surface area contributed by atoms with E-state index in [1.165, 1.54) is 0 Å². The van der Waals surface area contributed by atoms with Crippen molar-refractivity contribution in [2.24, 2.45) is 0 Å². The van der Waals surface area contributed by atoms with Crippen LogP contribution in [0.3, 0.4) is 0 Å². The Balaban J connectivity index is 1.90. The van der Waals surface area contributed by atoms with Gasteiger partial charge >= 0.3 is 11.8 Å². The highest BCUT2D eigenvalue weighted by molar-refractivity contribution is 6.39. The Morgan fingerprint density at radius 3 is 2.25 bits per heavy atom. The van der Waals surface area contributed by atoms with E-state index in [-0.39, 0.29) is 6.54 Å². The van der Waals surface area contributed by atoms with Gasteiger partial charge < -0.3 is 20.5 Å². The number of rotatable bonds is 5. The average molecular weight is 328 g/mol. The van der Waals surface area contributed by atoms with Crippen LogP contribution < -0.4 is 15.4 Å². The number of carbonyl (C=O) groups excluding carboxylic acids is 2. The van der Waals surface area contributed by atoms with Crippen molar-refractivity contribution < 1.29 is 19.4 Å². The van der Waals surface area contributed by atoms with Gasteiger partial charge in [-0.25, -0.2) is 0 Å². The number of ether oxygens (including phenoxy) is 1. The zero-order valence-electron chi connectivity index (χ0n) is 13.6. The summed E-state index contributed by atoms with van der Waals surface area (Å²) >= 11 is 0. The predicted molar refractivity (Wildman–Crippen MR) is 90.6 cm³/mol. The molecular formula is C18H20N2O4. The Morgan fingerprint density at radius 1 is 1.04 bits per heavy atom. The number of nitrogens with one attached hydrogen (secondary N) is 2. The summed E-state index contributed by atoms with van der Waals surface area (Å²) in [5.41, 5.74) is -0.135. The molecule has 0 aliphatic heterocycles. The van der Waals surface area contributed by atoms with E-state index < -0.39 is 17.4 Å². The summed E-state index contributed by atoms with van der Waals surface area (Å²) in [6.45, 7) is 1.50. The number of anilines is 1. The predicted octanol–water partition coefficient (Wildman–Crippen LogP) is 1.66. The van der Waals surface area contributed by atoms with Crippen LogP contribution in [0.4, 0.5) is 5.69 Å². The molecule has 0 spiro atoms. The van der Waals surface area contributed by atoms with Crippen molar-refractivity contribution in [2.45, 2.75) is 12.5 Å². The molecule has 2 aromatic rings. The lowest BCUT2D eigenvalue weighted by Gasteiger charge is -2.24. The number of amides is 2. The first-order valence-electron chi connectivity index (χ1n) is 7.43. The van der Waals surface area contributed by atoms with Crippen LogP contribution in [0.5, 0.6) is 5.75 Å². The van der Waals surface area contributed by atoms with E-state index in [1.807, 2.05) is 6.07 Å². The SMILES string of the molecule is COc1ccc(NC(=O)C(=O)NC[C@@](C)(O)c2ccccc2)cc1. The van der Waals surface area contributed by atoms with Gasteiger partial charge in [-0.05, 0) is 36.8 Å². The standard InChI is InChI=1S/C18H20N2O4/c1-18(23,13-6-4-3-5-7-13)12-19-16(21)17(22)20-14-8-10-15(24-2)11-9-14/h3-11,23H,12H2,1-2H3,(H,19,21)(H,20,22)/t18-/m1/s1. The number of carbonyl (C=O) groups is 2. The van der Waals surface area contributed by atoms with Crippen LogP contribution in [-0.4, -0.2) is 30.6 Å². The van der Waals surface area contributed by atoms with E-state index in [9.17, 15) is 14.7 Å². The Bertz CT molecular complexity index is 697. The molecule has 2 rings (SSSR count). The second-order valence-corrected chi connectivity index (χ2v) is 5.51. The third-order valence-corrected chi connectivity index (χ3v) is 3.54. The Kier molecular flexibility index (Phi) is 5.55. The van der Waals surface area contributed by atoms with Crippen LogP contribution in [0.15, 0.2) is 54.6 Å². The van der Waals surface area contributed by atoms with Gasteiger partial charge in [-0.1, -0.05) is 30.3 Å². The topological polar surface area (TPSA) is 87.7 Å². The Morgan fingerprint density at radius 2 is 1.67 bits per heavy atom. The van der Waals surface area contributed by atoms with Crippen molar-refractivity contribution in [3.05, 3.63) is 60.2 Å². The lowest BCUT2D eigenvalue weighted by Crippen LogP contribution is -2.43. The van der Waals surface area contributed by atoms with Gasteiger partial charge in [-0.3, -0.25) is 9.59 Å². The third-order valence-electron chi connectivity index (χ3n) is 3.54. The van der Waals surface area contributed by atoms with Gasteiger partial charge in [0.25, 0.3) is 0 Å². The molecule has 24 heavy (non-hydrogen) atoms. The van der Waals surface area contributed by atoms with Crippen LogP contribution >= 0.6 is 0 Å². The molecule has 0 saturated heterocycles. The van der Waals surface area contributed by atoms with Gasteiger partial charge in [-0.2, -0.15) is 0 Å². The monoisotopic (exact) mass is 328 g/mol. The average Bonchev–Trinajstić information content (AvgIpc) is 2.61. The first kappa shape index (κ1) is 17.5. The molecule has 126 valence electrons. The molecule has 0 unspecified atom stereocenters. The lowest BCUT2D eigenvalue weighted by atomic mass is 9.96. The number of benzene rings is 2. The Labute approximate surface area is 140 Å². The number of methoxy groups -OCH3 is 1. The highest BCUT2D eigenvalue weighted by Crippen LogP contribution is 2.19. The molecule has 0 aliphatic rings. The minimum Gasteiger partial charge on any atom is -0.497 e. The van der Waals surface area contributed by atoms with Crippen molar-refractivity contribution in [3.63, 3.8) is 0 Å². The van der Waals surface area contributed by atoms with E-state index in [4.69, 9.17) is 4.74 Å². The van der Waals surface area contributed by atoms with E-state index in [1.54, 1.807) is 62.6 Å². The molecule has 0 bridgehead atoms. The lowest BCUT2D eigenvalue weighted by molar-refractivity contribution is -0.136. The molecule has 0 fully saturated rings. The van der Waals surface area contributed by atoms with Crippen molar-refractivity contribution in [3.8, 4) is 5.75 Å². The highest BCUT2D eigenvalue weighted by Gasteiger charge is 2.25. The van der Waals surface area contributed by atoms with E-state index in [0.29, 0.717) is 17.0 Å². The van der Waals surface area contributed by atoms with Crippen LogP contribution in [0.2, 0.25) is 0 Å². The third kappa shape index (κ3) is 4.57. The summed E-state index contributed by atoms with van der Waals surface area (Å²) in [5, 5.41) is 15.3. The summed E-state index contributed by atoms with van der Waals surface area (Å²) in [4.78, 5) is 23.8. The molecule has 2 amide bonds. The fraction of sp³-hybridized carbons (Fsp3) is 0.222. The largest absolute Gasteiger partial charge is 0.497 e. The molecular weight excluding hydrogens is 308 g/mol. The first-order chi connectivity index (χ1) is 11.4. The maximum absolute atomic E-state index is 11.9. The Hall–Kier alpha value is -2.86. The molecule has 1 atom stereocenters. The fourth-order valence-corrected chi connectivity index (χ4v) is 2.09. The van der Waals surface area contributed by atoms with Gasteiger partial charge in [0.1, 0.15) is 11.4 Å². The second kappa shape index (κ2) is 7.61. The molecule has 0 aromatic heterocycles. The van der Waals surface area contributed by atoms with Gasteiger partial charge in [-0.15, -0.1) is 0 Å². The van der Waals surface area contributed by atoms with E-state index >= 15 is 0 Å². The summed E-state index contributed by atoms with van der Waals surface area (Å²) < 4.78 is 5.02. The van der Waals surface area contributed by atoms with Gasteiger partial charge in [0.15, 0.2) is 0 Å². The van der Waals surface area contributed by atoms with Crippen molar-refractivity contribution >= 4 is 17.5 Å². The number of aliphatic hydroxyl groups is 1. The molecule has 0 saturated carbocycles. The molecule has 6 heteroatoms. The van der Waals surface area contributed by atoms with Crippen molar-refractivity contribution in [1.82, 2.24) is 5.32 Å². The molecule has 0 radical (unpaired) electrons. The smallest absolute Gasteiger partial charge is 0.313 e. The molecule has 6 nitrogen and oxygen atoms in total. The minimum absolute atomic E-state index is 0.0775. The van der Waals surface area contributed by atoms with Gasteiger partial charge in [0.05, 0.1) is 13.7 Å². The first-order valence-corrected chi connectivity index (χ1v) is 7.43. The summed E-state index contributed by atoms with van der Waals surface area (Å²) in [6, 6.07) is 15.5. The maximum atomic E-state index is 11.9. The van der Waals surface area contributed by atoms with E-state index in [0.717, 1.165) is 0 Å². The normalized spacial score (nSPS) is 12.8. The molecule has 2 aromatic carbocycles. The zero-order valence-corrected chi connectivity index (χ0v) is 13.6. The van der Waals surface area contributed by atoms with Crippen LogP contribution in [0.25, 0.3) is 0 Å². The van der Waals surface area contributed by atoms with Gasteiger partial charge in [0, 0.05) is 5.69 Å². The van der Waals surface area contributed by atoms with Crippen LogP contribution in [-0.2, 0) is 15.2 Å². The summed E-state index contributed by atoms with van der Waals surface area (Å²) in [7, 11) is 1.54. The molecule has 0 aliphatic carbocycles. The minimum atomic E-state index is -1.27. The fourth-order valence-electron chi connectivity index (χ4n) is 2.09. The zero-order chi connectivity index (χ0) is 17.6. The molecule has 0 heterocycles. The van der Waals surface area contributed by atoms with Gasteiger partial charge in [0.2, 0.25) is 0 Å². The number of hydrogen-bond donors (Lipinski definition) is 3. The van der Waals surface area contributed by atoms with Crippen LogP contribution in [0, 0.1) is 0 Å². The van der Waals surface area contributed by atoms with Crippen LogP contribution in [0.1, 0.15) is 12.5 Å². The summed E-state index contributed by atoms with van der Waals surface area (Å²) in [5.74, 6) is -0.970. The highest BCUT2D eigenvalue weighted by atomic mass is 16.5. The molecule has 3 N–H and O–H groups in total.